The molecule has 4 nitrogen and oxygen atoms in total. The van der Waals surface area contributed by atoms with Crippen LogP contribution in [0.15, 0.2) is 126 Å². The number of ether oxygens (including phenoxy) is 2. The summed E-state index contributed by atoms with van der Waals surface area (Å²) in [6.07, 6.45) is 9.32. The van der Waals surface area contributed by atoms with Crippen LogP contribution in [0.1, 0.15) is 22.3 Å². The first kappa shape index (κ1) is 31.7. The normalized spacial score (nSPS) is 13.6. The van der Waals surface area contributed by atoms with Crippen LogP contribution < -0.4 is 19.9 Å². The monoisotopic (exact) mass is 702 g/mol. The zero-order chi connectivity index (χ0) is 34.4. The summed E-state index contributed by atoms with van der Waals surface area (Å²) in [5, 5.41) is 30.8. The first-order chi connectivity index (χ1) is 25.1. The molecule has 250 valence electrons. The third-order valence-electron chi connectivity index (χ3n) is 9.87. The van der Waals surface area contributed by atoms with Crippen LogP contribution in [0.2, 0.25) is 0 Å². The van der Waals surface area contributed by atoms with Gasteiger partial charge in [-0.25, -0.2) is 0 Å². The molecule has 0 saturated carbocycles. The van der Waals surface area contributed by atoms with E-state index in [1.807, 2.05) is 12.1 Å². The fourth-order valence-corrected chi connectivity index (χ4v) is 8.97. The summed E-state index contributed by atoms with van der Waals surface area (Å²) in [4.78, 5) is 2.20. The van der Waals surface area contributed by atoms with Crippen molar-refractivity contribution < 1.29 is 19.7 Å². The predicted octanol–water partition coefficient (Wildman–Crippen LogP) is 8.26. The molecule has 2 N–H and O–H groups in total. The lowest BCUT2D eigenvalue weighted by Gasteiger charge is -2.33. The molecule has 0 amide bonds. The van der Waals surface area contributed by atoms with Gasteiger partial charge in [-0.1, -0.05) is 66.8 Å². The molecular weight excluding hydrogens is 669 g/mol. The standard InChI is InChI=1S/C45H34O4S2/c46-15-17-48-41-11-9-35(26-39(41)43-7-3-19-50-43)45(36-10-12-42(49-18-16-47)40(27-36)44-8-4-20-51-44)14-13-31-25-38-33(23-34(31)28-45)22-32-21-29-5-1-2-6-30(29)24-37(32)38/h1-14,19-28,46-47H,15-18H2. The number of hydrogen-bond acceptors (Lipinski definition) is 6. The minimum Gasteiger partial charge on any atom is -0.491 e. The van der Waals surface area contributed by atoms with E-state index < -0.39 is 5.41 Å². The average Bonchev–Trinajstić information content (AvgIpc) is 3.97. The highest BCUT2D eigenvalue weighted by atomic mass is 32.1. The molecule has 2 aromatic heterocycles. The molecule has 0 spiro atoms. The summed E-state index contributed by atoms with van der Waals surface area (Å²) in [5.41, 5.74) is 5.96. The Morgan fingerprint density at radius 2 is 1.20 bits per heavy atom. The summed E-state index contributed by atoms with van der Waals surface area (Å²) < 4.78 is 12.1. The number of benzene rings is 5. The van der Waals surface area contributed by atoms with Crippen molar-refractivity contribution in [1.29, 1.82) is 0 Å². The Hall–Kier alpha value is -5.24. The molecule has 0 fully saturated rings. The van der Waals surface area contributed by atoms with E-state index in [0.717, 1.165) is 43.5 Å². The van der Waals surface area contributed by atoms with Gasteiger partial charge in [0.05, 0.1) is 18.6 Å². The fraction of sp³-hybridized carbons (Fsp3) is 0.111. The molecule has 51 heavy (non-hydrogen) atoms. The Labute approximate surface area is 303 Å². The maximum Gasteiger partial charge on any atom is 0.128 e. The van der Waals surface area contributed by atoms with Gasteiger partial charge in [-0.15, -0.1) is 22.7 Å². The number of aliphatic hydroxyl groups is 2. The van der Waals surface area contributed by atoms with E-state index >= 15 is 0 Å². The summed E-state index contributed by atoms with van der Waals surface area (Å²) >= 11 is 3.34. The van der Waals surface area contributed by atoms with Gasteiger partial charge in [-0.05, 0) is 131 Å². The SMILES string of the molecule is OCCOc1ccc(C2(c3ccc(OCCO)c(-c4cccs4)c3)C=Cc3cc4c(cc3=C2)C=c2cc3ccccc3cc2=4)cc1-c1cccs1. The van der Waals surface area contributed by atoms with Gasteiger partial charge in [0.1, 0.15) is 24.7 Å². The summed E-state index contributed by atoms with van der Waals surface area (Å²) in [5.74, 6) is 1.49. The van der Waals surface area contributed by atoms with E-state index in [2.05, 4.69) is 132 Å². The van der Waals surface area contributed by atoms with Crippen molar-refractivity contribution in [1.82, 2.24) is 0 Å². The lowest BCUT2D eigenvalue weighted by atomic mass is 9.70. The second-order valence-electron chi connectivity index (χ2n) is 12.9. The summed E-state index contributed by atoms with van der Waals surface area (Å²) in [7, 11) is 0. The average molecular weight is 703 g/mol. The molecule has 5 aromatic carbocycles. The highest BCUT2D eigenvalue weighted by Gasteiger charge is 2.33. The van der Waals surface area contributed by atoms with Crippen molar-refractivity contribution in [3.8, 4) is 32.4 Å². The number of aliphatic hydroxyl groups excluding tert-OH is 2. The van der Waals surface area contributed by atoms with Crippen LogP contribution in [0.5, 0.6) is 11.5 Å². The second-order valence-corrected chi connectivity index (χ2v) is 14.8. The largest absolute Gasteiger partial charge is 0.491 e. The number of hydrogen-bond donors (Lipinski definition) is 2. The second kappa shape index (κ2) is 13.1. The van der Waals surface area contributed by atoms with Crippen LogP contribution in [0.4, 0.5) is 0 Å². The van der Waals surface area contributed by atoms with Crippen molar-refractivity contribution in [2.24, 2.45) is 0 Å². The molecule has 0 unspecified atom stereocenters. The van der Waals surface area contributed by atoms with E-state index in [-0.39, 0.29) is 26.4 Å². The molecule has 0 aliphatic heterocycles. The lowest BCUT2D eigenvalue weighted by molar-refractivity contribution is 0.202. The maximum absolute atomic E-state index is 9.58. The molecule has 0 radical (unpaired) electrons. The van der Waals surface area contributed by atoms with Crippen molar-refractivity contribution in [3.63, 3.8) is 0 Å². The maximum atomic E-state index is 9.58. The van der Waals surface area contributed by atoms with E-state index in [1.165, 1.54) is 42.8 Å². The minimum absolute atomic E-state index is 0.0553. The van der Waals surface area contributed by atoms with Crippen LogP contribution in [-0.2, 0) is 5.41 Å². The Morgan fingerprint density at radius 3 is 1.78 bits per heavy atom. The number of fused-ring (bicyclic) bond motifs is 4. The third kappa shape index (κ3) is 5.61. The molecule has 7 aromatic rings. The van der Waals surface area contributed by atoms with E-state index in [4.69, 9.17) is 9.47 Å². The Morgan fingerprint density at radius 1 is 0.569 bits per heavy atom. The van der Waals surface area contributed by atoms with Gasteiger partial charge in [0.25, 0.3) is 0 Å². The van der Waals surface area contributed by atoms with E-state index in [1.54, 1.807) is 22.7 Å². The first-order valence-electron chi connectivity index (χ1n) is 17.1. The summed E-state index contributed by atoms with van der Waals surface area (Å²) in [6.45, 7) is 0.337. The third-order valence-corrected chi connectivity index (χ3v) is 11.7. The molecular formula is C45H34O4S2. The van der Waals surface area contributed by atoms with Crippen molar-refractivity contribution in [3.05, 3.63) is 169 Å². The molecule has 0 atom stereocenters. The molecule has 2 heterocycles. The topological polar surface area (TPSA) is 58.9 Å². The first-order valence-corrected chi connectivity index (χ1v) is 18.8. The van der Waals surface area contributed by atoms with Gasteiger partial charge in [-0.2, -0.15) is 0 Å². The lowest BCUT2D eigenvalue weighted by Crippen LogP contribution is -2.29. The highest BCUT2D eigenvalue weighted by Crippen LogP contribution is 2.45. The minimum atomic E-state index is -0.635. The Bertz CT molecular complexity index is 2580. The predicted molar refractivity (Wildman–Crippen MR) is 210 cm³/mol. The van der Waals surface area contributed by atoms with Crippen LogP contribution in [0, 0.1) is 10.4 Å². The quantitative estimate of drug-likeness (QED) is 0.151. The smallest absolute Gasteiger partial charge is 0.128 e. The Kier molecular flexibility index (Phi) is 8.17. The Balaban J connectivity index is 1.29. The van der Waals surface area contributed by atoms with Gasteiger partial charge in [0, 0.05) is 20.9 Å². The van der Waals surface area contributed by atoms with Gasteiger partial charge < -0.3 is 19.7 Å². The van der Waals surface area contributed by atoms with Crippen LogP contribution in [0.25, 0.3) is 49.9 Å². The van der Waals surface area contributed by atoms with Crippen molar-refractivity contribution in [2.45, 2.75) is 5.41 Å². The summed E-state index contributed by atoms with van der Waals surface area (Å²) in [6, 6.07) is 39.0. The van der Waals surface area contributed by atoms with Gasteiger partial charge >= 0.3 is 0 Å². The van der Waals surface area contributed by atoms with Crippen LogP contribution >= 0.6 is 22.7 Å². The molecule has 0 saturated heterocycles. The molecule has 0 bridgehead atoms. The van der Waals surface area contributed by atoms with E-state index in [0.29, 0.717) is 0 Å². The molecule has 2 aliphatic rings. The zero-order valence-corrected chi connectivity index (χ0v) is 29.3. The number of thiophene rings is 2. The number of rotatable bonds is 10. The van der Waals surface area contributed by atoms with Crippen molar-refractivity contribution >= 4 is 51.7 Å². The van der Waals surface area contributed by atoms with Gasteiger partial charge in [-0.3, -0.25) is 0 Å². The van der Waals surface area contributed by atoms with Crippen LogP contribution in [0.3, 0.4) is 0 Å². The zero-order valence-electron chi connectivity index (χ0n) is 27.7. The van der Waals surface area contributed by atoms with E-state index in [9.17, 15) is 10.2 Å². The molecule has 9 rings (SSSR count). The van der Waals surface area contributed by atoms with Crippen molar-refractivity contribution in [2.75, 3.05) is 26.4 Å². The highest BCUT2D eigenvalue weighted by molar-refractivity contribution is 7.13. The van der Waals surface area contributed by atoms with Crippen LogP contribution in [-0.4, -0.2) is 36.6 Å². The fourth-order valence-electron chi connectivity index (χ4n) is 7.48. The van der Waals surface area contributed by atoms with Gasteiger partial charge in [0.15, 0.2) is 0 Å². The number of allylic oxidation sites excluding steroid dienone is 1. The van der Waals surface area contributed by atoms with Gasteiger partial charge in [0.2, 0.25) is 0 Å². The molecule has 2 aliphatic carbocycles. The molecule has 6 heteroatoms.